The minimum absolute atomic E-state index is 0.0464. The largest absolute Gasteiger partial charge is 0.376 e. The highest BCUT2D eigenvalue weighted by molar-refractivity contribution is 5.79. The third-order valence-corrected chi connectivity index (χ3v) is 3.55. The van der Waals surface area contributed by atoms with Crippen LogP contribution in [0.5, 0.6) is 0 Å². The van der Waals surface area contributed by atoms with Crippen LogP contribution in [0, 0.1) is 0 Å². The van der Waals surface area contributed by atoms with E-state index in [1.807, 2.05) is 5.01 Å². The lowest BCUT2D eigenvalue weighted by Crippen LogP contribution is -2.49. The van der Waals surface area contributed by atoms with Gasteiger partial charge in [0.1, 0.15) is 6.10 Å². The van der Waals surface area contributed by atoms with E-state index in [0.717, 1.165) is 45.4 Å². The fourth-order valence-corrected chi connectivity index (χ4v) is 2.36. The molecule has 2 unspecified atom stereocenters. The van der Waals surface area contributed by atoms with Crippen molar-refractivity contribution in [2.24, 2.45) is 0 Å². The summed E-state index contributed by atoms with van der Waals surface area (Å²) < 4.78 is 11.0. The Kier molecular flexibility index (Phi) is 5.41. The zero-order chi connectivity index (χ0) is 12.8. The van der Waals surface area contributed by atoms with Crippen molar-refractivity contribution < 1.29 is 14.3 Å². The van der Waals surface area contributed by atoms with Crippen LogP contribution in [0.15, 0.2) is 0 Å². The molecule has 0 aliphatic carbocycles. The second kappa shape index (κ2) is 7.07. The molecule has 0 bridgehead atoms. The van der Waals surface area contributed by atoms with E-state index < -0.39 is 6.10 Å². The number of ether oxygens (including phenoxy) is 2. The minimum atomic E-state index is -0.406. The van der Waals surface area contributed by atoms with Crippen LogP contribution in [0.1, 0.15) is 39.0 Å². The van der Waals surface area contributed by atoms with E-state index in [1.165, 1.54) is 6.42 Å². The first kappa shape index (κ1) is 13.8. The van der Waals surface area contributed by atoms with Crippen molar-refractivity contribution >= 4 is 5.91 Å². The van der Waals surface area contributed by atoms with Gasteiger partial charge in [-0.15, -0.1) is 0 Å². The van der Waals surface area contributed by atoms with Gasteiger partial charge in [-0.1, -0.05) is 6.42 Å². The standard InChI is InChI=1S/C13H24N2O3/c1-11(18-10-12-6-5-9-17-12)13(16)14-15-7-3-2-4-8-15/h11-12H,2-10H2,1H3,(H,14,16). The first-order valence-corrected chi connectivity index (χ1v) is 7.04. The number of nitrogens with zero attached hydrogens (tertiary/aromatic N) is 1. The van der Waals surface area contributed by atoms with Crippen molar-refractivity contribution in [1.82, 2.24) is 10.4 Å². The maximum atomic E-state index is 11.9. The van der Waals surface area contributed by atoms with Crippen molar-refractivity contribution in [1.29, 1.82) is 0 Å². The van der Waals surface area contributed by atoms with Gasteiger partial charge in [0.25, 0.3) is 5.91 Å². The molecule has 0 saturated carbocycles. The Morgan fingerprint density at radius 3 is 2.83 bits per heavy atom. The second-order valence-corrected chi connectivity index (χ2v) is 5.13. The molecule has 2 atom stereocenters. The van der Waals surface area contributed by atoms with E-state index in [0.29, 0.717) is 6.61 Å². The fraction of sp³-hybridized carbons (Fsp3) is 0.923. The summed E-state index contributed by atoms with van der Waals surface area (Å²) in [6.45, 7) is 5.04. The molecule has 2 aliphatic heterocycles. The van der Waals surface area contributed by atoms with E-state index in [-0.39, 0.29) is 12.0 Å². The van der Waals surface area contributed by atoms with Crippen LogP contribution in [-0.2, 0) is 14.3 Å². The molecule has 0 aromatic carbocycles. The van der Waals surface area contributed by atoms with Crippen LogP contribution in [0.3, 0.4) is 0 Å². The number of carbonyl (C=O) groups is 1. The van der Waals surface area contributed by atoms with Gasteiger partial charge in [-0.3, -0.25) is 10.2 Å². The van der Waals surface area contributed by atoms with Crippen molar-refractivity contribution in [3.8, 4) is 0 Å². The number of hydrazine groups is 1. The number of rotatable bonds is 5. The average Bonchev–Trinajstić information content (AvgIpc) is 2.90. The Morgan fingerprint density at radius 1 is 1.39 bits per heavy atom. The molecular formula is C13H24N2O3. The van der Waals surface area contributed by atoms with Crippen LogP contribution in [0.2, 0.25) is 0 Å². The summed E-state index contributed by atoms with van der Waals surface area (Å²) in [7, 11) is 0. The van der Waals surface area contributed by atoms with Crippen molar-refractivity contribution in [2.45, 2.75) is 51.2 Å². The maximum Gasteiger partial charge on any atom is 0.263 e. The topological polar surface area (TPSA) is 50.8 Å². The van der Waals surface area contributed by atoms with Gasteiger partial charge in [-0.2, -0.15) is 0 Å². The molecular weight excluding hydrogens is 232 g/mol. The van der Waals surface area contributed by atoms with E-state index in [9.17, 15) is 4.79 Å². The lowest BCUT2D eigenvalue weighted by Gasteiger charge is -2.28. The number of amides is 1. The molecule has 2 heterocycles. The zero-order valence-corrected chi connectivity index (χ0v) is 11.2. The third-order valence-electron chi connectivity index (χ3n) is 3.55. The maximum absolute atomic E-state index is 11.9. The van der Waals surface area contributed by atoms with Gasteiger partial charge < -0.3 is 9.47 Å². The van der Waals surface area contributed by atoms with E-state index in [2.05, 4.69) is 5.43 Å². The summed E-state index contributed by atoms with van der Waals surface area (Å²) in [4.78, 5) is 11.9. The van der Waals surface area contributed by atoms with Gasteiger partial charge in [-0.05, 0) is 32.6 Å². The van der Waals surface area contributed by atoms with Gasteiger partial charge in [0.2, 0.25) is 0 Å². The normalized spacial score (nSPS) is 27.1. The quantitative estimate of drug-likeness (QED) is 0.800. The lowest BCUT2D eigenvalue weighted by molar-refractivity contribution is -0.139. The van der Waals surface area contributed by atoms with E-state index in [1.54, 1.807) is 6.92 Å². The van der Waals surface area contributed by atoms with E-state index in [4.69, 9.17) is 9.47 Å². The Balaban J connectivity index is 1.63. The molecule has 2 fully saturated rings. The van der Waals surface area contributed by atoms with Gasteiger partial charge in [-0.25, -0.2) is 5.01 Å². The summed E-state index contributed by atoms with van der Waals surface area (Å²) in [5.41, 5.74) is 2.92. The highest BCUT2D eigenvalue weighted by Crippen LogP contribution is 2.13. The van der Waals surface area contributed by atoms with Gasteiger partial charge in [0, 0.05) is 19.7 Å². The molecule has 104 valence electrons. The predicted molar refractivity (Wildman–Crippen MR) is 68.0 cm³/mol. The van der Waals surface area contributed by atoms with Gasteiger partial charge >= 0.3 is 0 Å². The van der Waals surface area contributed by atoms with Crippen molar-refractivity contribution in [2.75, 3.05) is 26.3 Å². The van der Waals surface area contributed by atoms with Crippen LogP contribution in [0.25, 0.3) is 0 Å². The molecule has 0 aromatic rings. The lowest BCUT2D eigenvalue weighted by atomic mass is 10.2. The molecule has 0 aromatic heterocycles. The monoisotopic (exact) mass is 256 g/mol. The second-order valence-electron chi connectivity index (χ2n) is 5.13. The fourth-order valence-electron chi connectivity index (χ4n) is 2.36. The summed E-state index contributed by atoms with van der Waals surface area (Å²) in [5.74, 6) is -0.0464. The molecule has 2 aliphatic rings. The third kappa shape index (κ3) is 4.23. The number of hydrogen-bond donors (Lipinski definition) is 1. The first-order chi connectivity index (χ1) is 8.75. The number of carbonyl (C=O) groups excluding carboxylic acids is 1. The van der Waals surface area contributed by atoms with Gasteiger partial charge in [0.15, 0.2) is 0 Å². The zero-order valence-electron chi connectivity index (χ0n) is 11.2. The van der Waals surface area contributed by atoms with Crippen molar-refractivity contribution in [3.05, 3.63) is 0 Å². The van der Waals surface area contributed by atoms with Crippen LogP contribution in [0.4, 0.5) is 0 Å². The molecule has 5 nitrogen and oxygen atoms in total. The highest BCUT2D eigenvalue weighted by Gasteiger charge is 2.21. The highest BCUT2D eigenvalue weighted by atomic mass is 16.5. The first-order valence-electron chi connectivity index (χ1n) is 7.04. The molecule has 5 heteroatoms. The summed E-state index contributed by atoms with van der Waals surface area (Å²) in [6, 6.07) is 0. The molecule has 1 N–H and O–H groups in total. The Hall–Kier alpha value is -0.650. The SMILES string of the molecule is CC(OCC1CCCO1)C(=O)NN1CCCCC1. The van der Waals surface area contributed by atoms with Crippen LogP contribution < -0.4 is 5.43 Å². The van der Waals surface area contributed by atoms with Crippen molar-refractivity contribution in [3.63, 3.8) is 0 Å². The summed E-state index contributed by atoms with van der Waals surface area (Å²) in [6.07, 6.45) is 5.49. The number of hydrogen-bond acceptors (Lipinski definition) is 4. The Labute approximate surface area is 109 Å². The molecule has 2 rings (SSSR count). The molecule has 0 radical (unpaired) electrons. The van der Waals surface area contributed by atoms with Gasteiger partial charge in [0.05, 0.1) is 12.7 Å². The Morgan fingerprint density at radius 2 is 2.17 bits per heavy atom. The molecule has 18 heavy (non-hydrogen) atoms. The molecule has 2 saturated heterocycles. The van der Waals surface area contributed by atoms with Crippen LogP contribution in [-0.4, -0.2) is 49.4 Å². The smallest absolute Gasteiger partial charge is 0.263 e. The number of piperidine rings is 1. The minimum Gasteiger partial charge on any atom is -0.376 e. The predicted octanol–water partition coefficient (Wildman–Crippen LogP) is 1.09. The van der Waals surface area contributed by atoms with E-state index >= 15 is 0 Å². The Bertz CT molecular complexity index is 261. The molecule has 0 spiro atoms. The summed E-state index contributed by atoms with van der Waals surface area (Å²) >= 11 is 0. The molecule has 1 amide bonds. The van der Waals surface area contributed by atoms with Crippen LogP contribution >= 0.6 is 0 Å². The summed E-state index contributed by atoms with van der Waals surface area (Å²) in [5, 5.41) is 2.00. The average molecular weight is 256 g/mol. The number of nitrogens with one attached hydrogen (secondary N) is 1.